The van der Waals surface area contributed by atoms with E-state index in [1.807, 2.05) is 35.0 Å². The van der Waals surface area contributed by atoms with Crippen LogP contribution in [0.25, 0.3) is 5.69 Å². The van der Waals surface area contributed by atoms with Crippen LogP contribution in [-0.4, -0.2) is 27.8 Å². The predicted octanol–water partition coefficient (Wildman–Crippen LogP) is 4.45. The minimum absolute atomic E-state index is 0.741. The van der Waals surface area contributed by atoms with Gasteiger partial charge in [-0.2, -0.15) is 5.10 Å². The van der Waals surface area contributed by atoms with E-state index >= 15 is 0 Å². The molecule has 0 spiro atoms. The molecule has 0 atom stereocenters. The Bertz CT molecular complexity index is 674. The van der Waals surface area contributed by atoms with Crippen LogP contribution in [0.3, 0.4) is 0 Å². The van der Waals surface area contributed by atoms with Gasteiger partial charge in [0.1, 0.15) is 5.15 Å². The van der Waals surface area contributed by atoms with Gasteiger partial charge in [0.05, 0.1) is 11.4 Å². The Morgan fingerprint density at radius 1 is 1.17 bits per heavy atom. The van der Waals surface area contributed by atoms with E-state index in [1.165, 1.54) is 31.2 Å². The maximum absolute atomic E-state index is 6.68. The summed E-state index contributed by atoms with van der Waals surface area (Å²) in [4.78, 5) is 2.53. The molecule has 2 saturated carbocycles. The topological polar surface area (TPSA) is 21.1 Å². The summed E-state index contributed by atoms with van der Waals surface area (Å²) in [5, 5.41) is 5.43. The van der Waals surface area contributed by atoms with E-state index < -0.39 is 0 Å². The molecule has 122 valence electrons. The van der Waals surface area contributed by atoms with Crippen molar-refractivity contribution in [2.75, 3.05) is 7.05 Å². The lowest BCUT2D eigenvalue weighted by Gasteiger charge is -2.28. The fraction of sp³-hybridized carbons (Fsp3) is 0.526. The second-order valence-corrected chi connectivity index (χ2v) is 7.54. The van der Waals surface area contributed by atoms with Gasteiger partial charge in [0.2, 0.25) is 0 Å². The molecule has 2 fully saturated rings. The normalized spacial score (nSPS) is 18.1. The van der Waals surface area contributed by atoms with Gasteiger partial charge < -0.3 is 0 Å². The standard InChI is InChI=1S/C19H24ClN3/c1-13-17(12-22(2)18(14-8-9-14)15-10-11-15)19(20)23(21-13)16-6-4-3-5-7-16/h3-7,14-15,18H,8-12H2,1-2H3. The predicted molar refractivity (Wildman–Crippen MR) is 94.0 cm³/mol. The van der Waals surface area contributed by atoms with E-state index in [9.17, 15) is 0 Å². The Labute approximate surface area is 143 Å². The summed E-state index contributed by atoms with van der Waals surface area (Å²) in [6, 6.07) is 10.9. The molecular formula is C19H24ClN3. The Morgan fingerprint density at radius 2 is 1.78 bits per heavy atom. The fourth-order valence-corrected chi connectivity index (χ4v) is 4.12. The number of nitrogens with zero attached hydrogens (tertiary/aromatic N) is 3. The molecule has 2 aromatic rings. The number of hydrogen-bond donors (Lipinski definition) is 0. The molecule has 2 aliphatic rings. The smallest absolute Gasteiger partial charge is 0.137 e. The molecular weight excluding hydrogens is 306 g/mol. The van der Waals surface area contributed by atoms with Gasteiger partial charge >= 0.3 is 0 Å². The van der Waals surface area contributed by atoms with Crippen LogP contribution in [-0.2, 0) is 6.54 Å². The molecule has 4 rings (SSSR count). The Kier molecular flexibility index (Phi) is 3.94. The van der Waals surface area contributed by atoms with Gasteiger partial charge in [-0.1, -0.05) is 29.8 Å². The molecule has 1 aromatic heterocycles. The fourth-order valence-electron chi connectivity index (χ4n) is 3.79. The van der Waals surface area contributed by atoms with Crippen molar-refractivity contribution in [3.63, 3.8) is 0 Å². The van der Waals surface area contributed by atoms with E-state index in [1.54, 1.807) is 0 Å². The molecule has 1 aromatic carbocycles. The van der Waals surface area contributed by atoms with Crippen LogP contribution in [0.2, 0.25) is 5.15 Å². The quantitative estimate of drug-likeness (QED) is 0.780. The van der Waals surface area contributed by atoms with Crippen molar-refractivity contribution < 1.29 is 0 Å². The number of benzene rings is 1. The third kappa shape index (κ3) is 3.05. The number of halogens is 1. The highest BCUT2D eigenvalue weighted by Gasteiger charge is 2.43. The lowest BCUT2D eigenvalue weighted by Crippen LogP contribution is -2.35. The van der Waals surface area contributed by atoms with Crippen molar-refractivity contribution in [3.05, 3.63) is 46.7 Å². The highest BCUT2D eigenvalue weighted by molar-refractivity contribution is 6.30. The molecule has 0 aliphatic heterocycles. The minimum Gasteiger partial charge on any atom is -0.298 e. The number of hydrogen-bond acceptors (Lipinski definition) is 2. The average Bonchev–Trinajstić information content (AvgIpc) is 3.46. The zero-order valence-electron chi connectivity index (χ0n) is 13.9. The molecule has 2 aliphatic carbocycles. The minimum atomic E-state index is 0.741. The van der Waals surface area contributed by atoms with Crippen molar-refractivity contribution in [1.82, 2.24) is 14.7 Å². The zero-order valence-corrected chi connectivity index (χ0v) is 14.6. The first kappa shape index (κ1) is 15.2. The lowest BCUT2D eigenvalue weighted by molar-refractivity contribution is 0.186. The van der Waals surface area contributed by atoms with Gasteiger partial charge in [-0.05, 0) is 63.6 Å². The van der Waals surface area contributed by atoms with Crippen molar-refractivity contribution in [3.8, 4) is 5.69 Å². The third-order valence-corrected chi connectivity index (χ3v) is 5.64. The molecule has 0 N–H and O–H groups in total. The van der Waals surface area contributed by atoms with Crippen LogP contribution in [0.5, 0.6) is 0 Å². The third-order valence-electron chi connectivity index (χ3n) is 5.25. The van der Waals surface area contributed by atoms with E-state index in [0.717, 1.165) is 41.0 Å². The van der Waals surface area contributed by atoms with E-state index in [-0.39, 0.29) is 0 Å². The highest BCUT2D eigenvalue weighted by Crippen LogP contribution is 2.47. The number of aromatic nitrogens is 2. The molecule has 0 unspecified atom stereocenters. The van der Waals surface area contributed by atoms with E-state index in [4.69, 9.17) is 11.6 Å². The van der Waals surface area contributed by atoms with Crippen LogP contribution >= 0.6 is 11.6 Å². The van der Waals surface area contributed by atoms with Crippen molar-refractivity contribution >= 4 is 11.6 Å². The van der Waals surface area contributed by atoms with Crippen molar-refractivity contribution in [2.24, 2.45) is 11.8 Å². The van der Waals surface area contributed by atoms with Gasteiger partial charge in [-0.3, -0.25) is 4.90 Å². The highest BCUT2D eigenvalue weighted by atomic mass is 35.5. The second-order valence-electron chi connectivity index (χ2n) is 7.18. The van der Waals surface area contributed by atoms with Crippen LogP contribution in [0.4, 0.5) is 0 Å². The SMILES string of the molecule is Cc1nn(-c2ccccc2)c(Cl)c1CN(C)C(C1CC1)C1CC1. The Balaban J connectivity index is 1.58. The summed E-state index contributed by atoms with van der Waals surface area (Å²) in [6.07, 6.45) is 5.62. The van der Waals surface area contributed by atoms with Gasteiger partial charge in [0, 0.05) is 18.2 Å². The first-order chi connectivity index (χ1) is 11.1. The van der Waals surface area contributed by atoms with Crippen LogP contribution in [0.15, 0.2) is 30.3 Å². The lowest BCUT2D eigenvalue weighted by atomic mass is 10.1. The Morgan fingerprint density at radius 3 is 2.35 bits per heavy atom. The molecule has 3 nitrogen and oxygen atoms in total. The van der Waals surface area contributed by atoms with Crippen molar-refractivity contribution in [2.45, 2.75) is 45.2 Å². The monoisotopic (exact) mass is 329 g/mol. The van der Waals surface area contributed by atoms with Gasteiger partial charge in [-0.25, -0.2) is 4.68 Å². The molecule has 0 saturated heterocycles. The first-order valence-corrected chi connectivity index (χ1v) is 9.02. The van der Waals surface area contributed by atoms with Gasteiger partial charge in [0.25, 0.3) is 0 Å². The maximum atomic E-state index is 6.68. The van der Waals surface area contributed by atoms with Gasteiger partial charge in [-0.15, -0.1) is 0 Å². The summed E-state index contributed by atoms with van der Waals surface area (Å²) in [5.74, 6) is 1.83. The van der Waals surface area contributed by atoms with Crippen LogP contribution < -0.4 is 0 Å². The number of rotatable bonds is 6. The molecule has 0 radical (unpaired) electrons. The summed E-state index contributed by atoms with van der Waals surface area (Å²) in [7, 11) is 2.26. The number of aryl methyl sites for hydroxylation is 1. The summed E-state index contributed by atoms with van der Waals surface area (Å²) >= 11 is 6.68. The summed E-state index contributed by atoms with van der Waals surface area (Å²) in [5.41, 5.74) is 3.23. The first-order valence-electron chi connectivity index (χ1n) is 8.65. The average molecular weight is 330 g/mol. The second kappa shape index (κ2) is 5.95. The maximum Gasteiger partial charge on any atom is 0.137 e. The summed E-state index contributed by atoms with van der Waals surface area (Å²) < 4.78 is 1.86. The van der Waals surface area contributed by atoms with Gasteiger partial charge in [0.15, 0.2) is 0 Å². The van der Waals surface area contributed by atoms with E-state index in [2.05, 4.69) is 24.0 Å². The molecule has 0 amide bonds. The van der Waals surface area contributed by atoms with Crippen LogP contribution in [0, 0.1) is 18.8 Å². The molecule has 23 heavy (non-hydrogen) atoms. The number of para-hydroxylation sites is 1. The Hall–Kier alpha value is -1.32. The largest absolute Gasteiger partial charge is 0.298 e. The molecule has 1 heterocycles. The van der Waals surface area contributed by atoms with Crippen molar-refractivity contribution in [1.29, 1.82) is 0 Å². The zero-order chi connectivity index (χ0) is 16.0. The molecule has 4 heteroatoms. The molecule has 0 bridgehead atoms. The van der Waals surface area contributed by atoms with E-state index in [0.29, 0.717) is 0 Å². The summed E-state index contributed by atoms with van der Waals surface area (Å²) in [6.45, 7) is 2.97. The van der Waals surface area contributed by atoms with Crippen LogP contribution in [0.1, 0.15) is 36.9 Å².